The molecule has 0 aliphatic carbocycles. The second-order valence-corrected chi connectivity index (χ2v) is 5.36. The molecule has 3 rings (SSSR count). The SMILES string of the molecule is c1ccc(N2CCN(Cc3ccsc3)CC2)nc1. The Balaban J connectivity index is 1.55. The van der Waals surface area contributed by atoms with E-state index in [0.29, 0.717) is 0 Å². The summed E-state index contributed by atoms with van der Waals surface area (Å²) in [6.45, 7) is 5.46. The van der Waals surface area contributed by atoms with Crippen LogP contribution in [0.15, 0.2) is 41.2 Å². The highest BCUT2D eigenvalue weighted by Crippen LogP contribution is 2.15. The highest BCUT2D eigenvalue weighted by Gasteiger charge is 2.17. The summed E-state index contributed by atoms with van der Waals surface area (Å²) in [6.07, 6.45) is 1.87. The van der Waals surface area contributed by atoms with Gasteiger partial charge in [0.15, 0.2) is 0 Å². The Labute approximate surface area is 112 Å². The minimum Gasteiger partial charge on any atom is -0.354 e. The third-order valence-corrected chi connectivity index (χ3v) is 4.06. The van der Waals surface area contributed by atoms with Crippen LogP contribution in [0.25, 0.3) is 0 Å². The number of hydrogen-bond donors (Lipinski definition) is 0. The first-order valence-electron chi connectivity index (χ1n) is 6.31. The summed E-state index contributed by atoms with van der Waals surface area (Å²) < 4.78 is 0. The van der Waals surface area contributed by atoms with Crippen LogP contribution in [0.3, 0.4) is 0 Å². The Hall–Kier alpha value is -1.39. The number of aromatic nitrogens is 1. The van der Waals surface area contributed by atoms with Crippen molar-refractivity contribution in [2.45, 2.75) is 6.54 Å². The summed E-state index contributed by atoms with van der Waals surface area (Å²) in [5.41, 5.74) is 1.44. The number of pyridine rings is 1. The van der Waals surface area contributed by atoms with Crippen LogP contribution in [0, 0.1) is 0 Å². The van der Waals surface area contributed by atoms with E-state index >= 15 is 0 Å². The molecule has 3 nitrogen and oxygen atoms in total. The normalized spacial score (nSPS) is 17.0. The third kappa shape index (κ3) is 2.71. The summed E-state index contributed by atoms with van der Waals surface area (Å²) in [6, 6.07) is 8.33. The molecule has 4 heteroatoms. The maximum Gasteiger partial charge on any atom is 0.128 e. The molecule has 0 bridgehead atoms. The number of nitrogens with zero attached hydrogens (tertiary/aromatic N) is 3. The molecule has 1 aliphatic rings. The molecular weight excluding hydrogens is 242 g/mol. The van der Waals surface area contributed by atoms with E-state index in [1.807, 2.05) is 12.3 Å². The lowest BCUT2D eigenvalue weighted by molar-refractivity contribution is 0.249. The predicted octanol–water partition coefficient (Wildman–Crippen LogP) is 2.47. The molecule has 0 atom stereocenters. The molecule has 0 N–H and O–H groups in total. The van der Waals surface area contributed by atoms with E-state index in [2.05, 4.69) is 43.7 Å². The van der Waals surface area contributed by atoms with Gasteiger partial charge in [0.2, 0.25) is 0 Å². The van der Waals surface area contributed by atoms with E-state index in [0.717, 1.165) is 38.5 Å². The third-order valence-electron chi connectivity index (χ3n) is 3.33. The minimum absolute atomic E-state index is 1.07. The number of anilines is 1. The summed E-state index contributed by atoms with van der Waals surface area (Å²) >= 11 is 1.78. The molecule has 1 saturated heterocycles. The van der Waals surface area contributed by atoms with Gasteiger partial charge in [0.05, 0.1) is 0 Å². The van der Waals surface area contributed by atoms with E-state index in [4.69, 9.17) is 0 Å². The summed E-state index contributed by atoms with van der Waals surface area (Å²) in [7, 11) is 0. The second kappa shape index (κ2) is 5.50. The van der Waals surface area contributed by atoms with Crippen LogP contribution in [-0.4, -0.2) is 36.1 Å². The van der Waals surface area contributed by atoms with E-state index in [1.165, 1.54) is 5.56 Å². The quantitative estimate of drug-likeness (QED) is 0.844. The van der Waals surface area contributed by atoms with Gasteiger partial charge >= 0.3 is 0 Å². The van der Waals surface area contributed by atoms with Crippen molar-refractivity contribution in [3.8, 4) is 0 Å². The Kier molecular flexibility index (Phi) is 3.57. The van der Waals surface area contributed by atoms with Crippen molar-refractivity contribution in [2.24, 2.45) is 0 Å². The fourth-order valence-corrected chi connectivity index (χ4v) is 2.98. The van der Waals surface area contributed by atoms with Crippen molar-refractivity contribution < 1.29 is 0 Å². The molecule has 3 heterocycles. The maximum absolute atomic E-state index is 4.41. The van der Waals surface area contributed by atoms with Crippen molar-refractivity contribution in [1.82, 2.24) is 9.88 Å². The zero-order chi connectivity index (χ0) is 12.2. The molecule has 0 amide bonds. The Morgan fingerprint density at radius 2 is 2.00 bits per heavy atom. The molecule has 0 aromatic carbocycles. The first-order valence-corrected chi connectivity index (χ1v) is 7.25. The van der Waals surface area contributed by atoms with Crippen LogP contribution in [0.1, 0.15) is 5.56 Å². The Morgan fingerprint density at radius 1 is 1.11 bits per heavy atom. The molecule has 18 heavy (non-hydrogen) atoms. The zero-order valence-electron chi connectivity index (χ0n) is 10.3. The van der Waals surface area contributed by atoms with Crippen LogP contribution in [-0.2, 0) is 6.54 Å². The van der Waals surface area contributed by atoms with Gasteiger partial charge in [0.25, 0.3) is 0 Å². The molecule has 0 unspecified atom stereocenters. The molecule has 0 spiro atoms. The average Bonchev–Trinajstić information content (AvgIpc) is 2.94. The molecule has 94 valence electrons. The van der Waals surface area contributed by atoms with E-state index in [1.54, 1.807) is 11.3 Å². The van der Waals surface area contributed by atoms with Gasteiger partial charge in [-0.2, -0.15) is 11.3 Å². The molecule has 1 aliphatic heterocycles. The van der Waals surface area contributed by atoms with Crippen LogP contribution in [0.4, 0.5) is 5.82 Å². The molecule has 2 aromatic rings. The Morgan fingerprint density at radius 3 is 2.67 bits per heavy atom. The predicted molar refractivity (Wildman–Crippen MR) is 76.0 cm³/mol. The van der Waals surface area contributed by atoms with E-state index in [-0.39, 0.29) is 0 Å². The zero-order valence-corrected chi connectivity index (χ0v) is 11.1. The molecule has 1 fully saturated rings. The Bertz CT molecular complexity index is 461. The number of piperazine rings is 1. The number of thiophene rings is 1. The fourth-order valence-electron chi connectivity index (χ4n) is 2.32. The van der Waals surface area contributed by atoms with Crippen molar-refractivity contribution in [3.05, 3.63) is 46.8 Å². The van der Waals surface area contributed by atoms with Crippen LogP contribution in [0.2, 0.25) is 0 Å². The lowest BCUT2D eigenvalue weighted by atomic mass is 10.2. The lowest BCUT2D eigenvalue weighted by Crippen LogP contribution is -2.46. The standard InChI is InChI=1S/C14H17N3S/c1-2-5-15-14(3-1)17-8-6-16(7-9-17)11-13-4-10-18-12-13/h1-5,10,12H,6-9,11H2. The molecular formula is C14H17N3S. The first-order chi connectivity index (χ1) is 8.92. The average molecular weight is 259 g/mol. The lowest BCUT2D eigenvalue weighted by Gasteiger charge is -2.35. The van der Waals surface area contributed by atoms with Crippen molar-refractivity contribution in [1.29, 1.82) is 0 Å². The molecule has 0 saturated carbocycles. The topological polar surface area (TPSA) is 19.4 Å². The number of rotatable bonds is 3. The monoisotopic (exact) mass is 259 g/mol. The number of hydrogen-bond acceptors (Lipinski definition) is 4. The van der Waals surface area contributed by atoms with Gasteiger partial charge in [0.1, 0.15) is 5.82 Å². The maximum atomic E-state index is 4.41. The van der Waals surface area contributed by atoms with Gasteiger partial charge in [-0.3, -0.25) is 4.90 Å². The first kappa shape index (κ1) is 11.7. The van der Waals surface area contributed by atoms with E-state index in [9.17, 15) is 0 Å². The van der Waals surface area contributed by atoms with Crippen molar-refractivity contribution in [2.75, 3.05) is 31.1 Å². The van der Waals surface area contributed by atoms with E-state index < -0.39 is 0 Å². The highest BCUT2D eigenvalue weighted by molar-refractivity contribution is 7.07. The van der Waals surface area contributed by atoms with Gasteiger partial charge in [0, 0.05) is 38.9 Å². The van der Waals surface area contributed by atoms with Gasteiger partial charge in [-0.1, -0.05) is 6.07 Å². The van der Waals surface area contributed by atoms with Gasteiger partial charge < -0.3 is 4.90 Å². The van der Waals surface area contributed by atoms with Gasteiger partial charge in [-0.25, -0.2) is 4.98 Å². The second-order valence-electron chi connectivity index (χ2n) is 4.58. The van der Waals surface area contributed by atoms with Crippen LogP contribution in [0.5, 0.6) is 0 Å². The van der Waals surface area contributed by atoms with Crippen molar-refractivity contribution >= 4 is 17.2 Å². The molecule has 2 aromatic heterocycles. The highest BCUT2D eigenvalue weighted by atomic mass is 32.1. The molecule has 0 radical (unpaired) electrons. The smallest absolute Gasteiger partial charge is 0.128 e. The van der Waals surface area contributed by atoms with Gasteiger partial charge in [-0.05, 0) is 34.5 Å². The summed E-state index contributed by atoms with van der Waals surface area (Å²) in [5, 5.41) is 4.39. The minimum atomic E-state index is 1.07. The van der Waals surface area contributed by atoms with Crippen molar-refractivity contribution in [3.63, 3.8) is 0 Å². The largest absolute Gasteiger partial charge is 0.354 e. The summed E-state index contributed by atoms with van der Waals surface area (Å²) in [4.78, 5) is 9.29. The fraction of sp³-hybridized carbons (Fsp3) is 0.357. The van der Waals surface area contributed by atoms with Gasteiger partial charge in [-0.15, -0.1) is 0 Å². The summed E-state index contributed by atoms with van der Waals surface area (Å²) in [5.74, 6) is 1.10. The van der Waals surface area contributed by atoms with Crippen LogP contribution < -0.4 is 4.90 Å². The van der Waals surface area contributed by atoms with Crippen LogP contribution >= 0.6 is 11.3 Å².